The number of methoxy groups -OCH3 is 1. The number of aromatic amines is 1. The first-order chi connectivity index (χ1) is 9.38. The Hall–Kier alpha value is -1.85. The Bertz CT molecular complexity index is 471. The smallest absolute Gasteiger partial charge is 0.120 e. The minimum Gasteiger partial charge on any atom is -0.491 e. The van der Waals surface area contributed by atoms with Crippen LogP contribution in [0.1, 0.15) is 11.4 Å². The van der Waals surface area contributed by atoms with Crippen molar-refractivity contribution >= 4 is 0 Å². The summed E-state index contributed by atoms with van der Waals surface area (Å²) in [5.74, 6) is 1.81. The molecule has 19 heavy (non-hydrogen) atoms. The van der Waals surface area contributed by atoms with Crippen molar-refractivity contribution in [2.75, 3.05) is 20.3 Å². The third-order valence-corrected chi connectivity index (χ3v) is 2.63. The molecule has 0 aliphatic heterocycles. The van der Waals surface area contributed by atoms with Crippen LogP contribution in [-0.2, 0) is 17.8 Å². The topological polar surface area (TPSA) is 59.2 Å². The lowest BCUT2D eigenvalue weighted by Gasteiger charge is -2.08. The van der Waals surface area contributed by atoms with Gasteiger partial charge in [0.15, 0.2) is 0 Å². The number of aromatic nitrogens is 2. The van der Waals surface area contributed by atoms with Crippen LogP contribution in [0.2, 0.25) is 0 Å². The molecule has 2 rings (SSSR count). The Labute approximate surface area is 113 Å². The molecule has 0 saturated carbocycles. The number of rotatable bonds is 8. The number of hydrogen-bond acceptors (Lipinski definition) is 4. The standard InChI is InChI=1S/C14H19N3O2/c1-18-7-8-19-13-4-2-3-12(9-13)10-15-11-14-16-5-6-17-14/h2-6,9,15H,7-8,10-11H2,1H3,(H,16,17). The lowest BCUT2D eigenvalue weighted by Crippen LogP contribution is -2.13. The van der Waals surface area contributed by atoms with Gasteiger partial charge in [0.05, 0.1) is 13.2 Å². The molecule has 0 fully saturated rings. The third-order valence-electron chi connectivity index (χ3n) is 2.63. The molecular weight excluding hydrogens is 242 g/mol. The molecule has 1 aromatic carbocycles. The number of nitrogens with one attached hydrogen (secondary N) is 2. The minimum atomic E-state index is 0.569. The van der Waals surface area contributed by atoms with Crippen molar-refractivity contribution in [3.05, 3.63) is 48.0 Å². The number of nitrogens with zero attached hydrogens (tertiary/aromatic N) is 1. The van der Waals surface area contributed by atoms with Crippen molar-refractivity contribution in [1.82, 2.24) is 15.3 Å². The van der Waals surface area contributed by atoms with E-state index in [1.165, 1.54) is 5.56 Å². The molecule has 0 aliphatic rings. The van der Waals surface area contributed by atoms with Crippen molar-refractivity contribution in [2.45, 2.75) is 13.1 Å². The first-order valence-corrected chi connectivity index (χ1v) is 6.28. The zero-order valence-electron chi connectivity index (χ0n) is 11.1. The van der Waals surface area contributed by atoms with Gasteiger partial charge in [-0.25, -0.2) is 4.98 Å². The van der Waals surface area contributed by atoms with Crippen LogP contribution in [0.3, 0.4) is 0 Å². The molecule has 5 heteroatoms. The first-order valence-electron chi connectivity index (χ1n) is 6.28. The van der Waals surface area contributed by atoms with Crippen molar-refractivity contribution in [3.8, 4) is 5.75 Å². The van der Waals surface area contributed by atoms with E-state index in [1.54, 1.807) is 13.3 Å². The van der Waals surface area contributed by atoms with Crippen molar-refractivity contribution in [1.29, 1.82) is 0 Å². The normalized spacial score (nSPS) is 10.6. The van der Waals surface area contributed by atoms with Gasteiger partial charge >= 0.3 is 0 Å². The lowest BCUT2D eigenvalue weighted by atomic mass is 10.2. The van der Waals surface area contributed by atoms with E-state index in [9.17, 15) is 0 Å². The maximum atomic E-state index is 5.57. The van der Waals surface area contributed by atoms with Crippen molar-refractivity contribution < 1.29 is 9.47 Å². The zero-order chi connectivity index (χ0) is 13.3. The fourth-order valence-electron chi connectivity index (χ4n) is 1.71. The Kier molecular flexibility index (Phi) is 5.40. The molecule has 0 saturated heterocycles. The second-order valence-corrected chi connectivity index (χ2v) is 4.13. The van der Waals surface area contributed by atoms with E-state index in [4.69, 9.17) is 9.47 Å². The molecule has 0 amide bonds. The summed E-state index contributed by atoms with van der Waals surface area (Å²) >= 11 is 0. The van der Waals surface area contributed by atoms with E-state index in [0.717, 1.165) is 24.7 Å². The average Bonchev–Trinajstić information content (AvgIpc) is 2.93. The van der Waals surface area contributed by atoms with Gasteiger partial charge in [-0.1, -0.05) is 12.1 Å². The number of hydrogen-bond donors (Lipinski definition) is 2. The molecule has 102 valence electrons. The van der Waals surface area contributed by atoms with E-state index in [0.29, 0.717) is 13.2 Å². The average molecular weight is 261 g/mol. The Morgan fingerprint density at radius 3 is 3.00 bits per heavy atom. The summed E-state index contributed by atoms with van der Waals surface area (Å²) in [6, 6.07) is 8.04. The van der Waals surface area contributed by atoms with Crippen LogP contribution in [0.15, 0.2) is 36.7 Å². The first kappa shape index (κ1) is 13.6. The van der Waals surface area contributed by atoms with Gasteiger partial charge in [0.25, 0.3) is 0 Å². The number of ether oxygens (including phenoxy) is 2. The highest BCUT2D eigenvalue weighted by molar-refractivity contribution is 5.28. The molecular formula is C14H19N3O2. The van der Waals surface area contributed by atoms with Crippen molar-refractivity contribution in [3.63, 3.8) is 0 Å². The summed E-state index contributed by atoms with van der Waals surface area (Å²) in [5.41, 5.74) is 1.18. The number of H-pyrrole nitrogens is 1. The predicted molar refractivity (Wildman–Crippen MR) is 72.9 cm³/mol. The summed E-state index contributed by atoms with van der Waals surface area (Å²) in [6.07, 6.45) is 3.57. The fraction of sp³-hybridized carbons (Fsp3) is 0.357. The van der Waals surface area contributed by atoms with Crippen LogP contribution >= 0.6 is 0 Å². The van der Waals surface area contributed by atoms with Crippen LogP contribution < -0.4 is 10.1 Å². The van der Waals surface area contributed by atoms with Crippen LogP contribution in [0.4, 0.5) is 0 Å². The maximum Gasteiger partial charge on any atom is 0.120 e. The Balaban J connectivity index is 1.78. The maximum absolute atomic E-state index is 5.57. The highest BCUT2D eigenvalue weighted by Gasteiger charge is 1.98. The van der Waals surface area contributed by atoms with Crippen LogP contribution in [0.5, 0.6) is 5.75 Å². The van der Waals surface area contributed by atoms with E-state index >= 15 is 0 Å². The van der Waals surface area contributed by atoms with Gasteiger partial charge < -0.3 is 19.8 Å². The van der Waals surface area contributed by atoms with E-state index < -0.39 is 0 Å². The summed E-state index contributed by atoms with van der Waals surface area (Å²) in [7, 11) is 1.67. The summed E-state index contributed by atoms with van der Waals surface area (Å²) in [6.45, 7) is 2.67. The van der Waals surface area contributed by atoms with Crippen LogP contribution in [-0.4, -0.2) is 30.3 Å². The van der Waals surface area contributed by atoms with Crippen molar-refractivity contribution in [2.24, 2.45) is 0 Å². The molecule has 5 nitrogen and oxygen atoms in total. The molecule has 0 aliphatic carbocycles. The summed E-state index contributed by atoms with van der Waals surface area (Å²) in [4.78, 5) is 7.22. The van der Waals surface area contributed by atoms with Gasteiger partial charge in [0, 0.05) is 26.0 Å². The highest BCUT2D eigenvalue weighted by Crippen LogP contribution is 2.13. The lowest BCUT2D eigenvalue weighted by molar-refractivity contribution is 0.146. The number of imidazole rings is 1. The predicted octanol–water partition coefficient (Wildman–Crippen LogP) is 1.72. The molecule has 2 N–H and O–H groups in total. The van der Waals surface area contributed by atoms with Gasteiger partial charge in [-0.3, -0.25) is 0 Å². The largest absolute Gasteiger partial charge is 0.491 e. The summed E-state index contributed by atoms with van der Waals surface area (Å²) in [5, 5.41) is 3.32. The molecule has 1 aromatic heterocycles. The second-order valence-electron chi connectivity index (χ2n) is 4.13. The third kappa shape index (κ3) is 4.73. The van der Waals surface area contributed by atoms with Crippen LogP contribution in [0.25, 0.3) is 0 Å². The second kappa shape index (κ2) is 7.56. The quantitative estimate of drug-likeness (QED) is 0.710. The van der Waals surface area contributed by atoms with Gasteiger partial charge in [-0.05, 0) is 17.7 Å². The van der Waals surface area contributed by atoms with Gasteiger partial charge in [0.1, 0.15) is 18.2 Å². The minimum absolute atomic E-state index is 0.569. The van der Waals surface area contributed by atoms with E-state index in [1.807, 2.05) is 24.4 Å². The van der Waals surface area contributed by atoms with Crippen LogP contribution in [0, 0.1) is 0 Å². The molecule has 0 spiro atoms. The van der Waals surface area contributed by atoms with Gasteiger partial charge in [0.2, 0.25) is 0 Å². The molecule has 0 radical (unpaired) electrons. The SMILES string of the molecule is COCCOc1cccc(CNCc2ncc[nH]2)c1. The van der Waals surface area contributed by atoms with E-state index in [-0.39, 0.29) is 0 Å². The molecule has 0 bridgehead atoms. The molecule has 1 heterocycles. The van der Waals surface area contributed by atoms with Gasteiger partial charge in [-0.2, -0.15) is 0 Å². The Morgan fingerprint density at radius 1 is 1.26 bits per heavy atom. The highest BCUT2D eigenvalue weighted by atomic mass is 16.5. The Morgan fingerprint density at radius 2 is 2.21 bits per heavy atom. The molecule has 2 aromatic rings. The molecule has 0 atom stereocenters. The zero-order valence-corrected chi connectivity index (χ0v) is 11.1. The molecule has 0 unspecified atom stereocenters. The fourth-order valence-corrected chi connectivity index (χ4v) is 1.71. The van der Waals surface area contributed by atoms with E-state index in [2.05, 4.69) is 21.4 Å². The van der Waals surface area contributed by atoms with Gasteiger partial charge in [-0.15, -0.1) is 0 Å². The summed E-state index contributed by atoms with van der Waals surface area (Å²) < 4.78 is 10.5. The number of benzene rings is 1. The monoisotopic (exact) mass is 261 g/mol.